The first-order valence-corrected chi connectivity index (χ1v) is 12.5. The number of hydrogen-bond donors (Lipinski definition) is 0. The molecule has 0 bridgehead atoms. The number of amides is 1. The molecule has 1 aliphatic heterocycles. The molecule has 5 rings (SSSR count). The SMILES string of the molecule is O=C(C1CCN(Cc2ccccc2)CC1)N(Cc1ccc(-c2nnc(C(F)(F)F)o2)cc1)c1ccccc1. The molecule has 1 aliphatic rings. The number of anilines is 1. The quantitative estimate of drug-likeness (QED) is 0.290. The predicted molar refractivity (Wildman–Crippen MR) is 137 cm³/mol. The van der Waals surface area contributed by atoms with Crippen LogP contribution in [0.2, 0.25) is 0 Å². The zero-order valence-electron chi connectivity index (χ0n) is 20.6. The summed E-state index contributed by atoms with van der Waals surface area (Å²) in [5.41, 5.74) is 3.28. The lowest BCUT2D eigenvalue weighted by Gasteiger charge is -2.34. The highest BCUT2D eigenvalue weighted by Crippen LogP contribution is 2.31. The summed E-state index contributed by atoms with van der Waals surface area (Å²) in [6.45, 7) is 2.92. The monoisotopic (exact) mass is 520 g/mol. The van der Waals surface area contributed by atoms with Crippen LogP contribution in [-0.2, 0) is 24.1 Å². The lowest BCUT2D eigenvalue weighted by Crippen LogP contribution is -2.42. The van der Waals surface area contributed by atoms with Gasteiger partial charge in [-0.05, 0) is 61.3 Å². The molecule has 1 aromatic heterocycles. The maximum absolute atomic E-state index is 13.7. The third-order valence-electron chi connectivity index (χ3n) is 6.73. The smallest absolute Gasteiger partial charge is 0.413 e. The number of piperidine rings is 1. The Morgan fingerprint density at radius 1 is 0.868 bits per heavy atom. The van der Waals surface area contributed by atoms with Gasteiger partial charge in [0.2, 0.25) is 11.8 Å². The van der Waals surface area contributed by atoms with Crippen molar-refractivity contribution in [3.05, 3.63) is 102 Å². The molecule has 0 N–H and O–H groups in total. The van der Waals surface area contributed by atoms with Crippen LogP contribution < -0.4 is 4.90 Å². The number of nitrogens with zero attached hydrogens (tertiary/aromatic N) is 4. The van der Waals surface area contributed by atoms with E-state index in [1.54, 1.807) is 29.2 Å². The van der Waals surface area contributed by atoms with Gasteiger partial charge in [-0.2, -0.15) is 13.2 Å². The molecule has 0 aliphatic carbocycles. The van der Waals surface area contributed by atoms with Crippen LogP contribution in [0.5, 0.6) is 0 Å². The lowest BCUT2D eigenvalue weighted by atomic mass is 9.94. The first-order valence-electron chi connectivity index (χ1n) is 12.5. The summed E-state index contributed by atoms with van der Waals surface area (Å²) in [5.74, 6) is -1.60. The van der Waals surface area contributed by atoms with Crippen LogP contribution in [0.1, 0.15) is 29.9 Å². The van der Waals surface area contributed by atoms with Gasteiger partial charge in [0.15, 0.2) is 0 Å². The summed E-state index contributed by atoms with van der Waals surface area (Å²) in [5, 5.41) is 6.59. The number of para-hydroxylation sites is 1. The molecule has 38 heavy (non-hydrogen) atoms. The Labute approximate surface area is 218 Å². The molecule has 9 heteroatoms. The molecule has 6 nitrogen and oxygen atoms in total. The molecule has 0 unspecified atom stereocenters. The van der Waals surface area contributed by atoms with E-state index < -0.39 is 12.1 Å². The Morgan fingerprint density at radius 2 is 1.50 bits per heavy atom. The van der Waals surface area contributed by atoms with Gasteiger partial charge >= 0.3 is 12.1 Å². The third kappa shape index (κ3) is 6.11. The van der Waals surface area contributed by atoms with Gasteiger partial charge in [0.25, 0.3) is 0 Å². The van der Waals surface area contributed by atoms with Gasteiger partial charge in [0, 0.05) is 23.7 Å². The number of halogens is 3. The normalized spacial score (nSPS) is 14.9. The van der Waals surface area contributed by atoms with Crippen molar-refractivity contribution >= 4 is 11.6 Å². The molecule has 0 saturated carbocycles. The van der Waals surface area contributed by atoms with Crippen molar-refractivity contribution in [2.24, 2.45) is 5.92 Å². The number of rotatable bonds is 7. The summed E-state index contributed by atoms with van der Waals surface area (Å²) in [7, 11) is 0. The van der Waals surface area contributed by atoms with Crippen LogP contribution in [0.15, 0.2) is 89.3 Å². The number of aromatic nitrogens is 2. The van der Waals surface area contributed by atoms with E-state index in [1.807, 2.05) is 48.5 Å². The molecule has 0 spiro atoms. The van der Waals surface area contributed by atoms with E-state index in [-0.39, 0.29) is 17.7 Å². The van der Waals surface area contributed by atoms with Crippen molar-refractivity contribution in [3.8, 4) is 11.5 Å². The average molecular weight is 521 g/mol. The fraction of sp³-hybridized carbons (Fsp3) is 0.276. The Kier molecular flexibility index (Phi) is 7.55. The summed E-state index contributed by atoms with van der Waals surface area (Å²) in [4.78, 5) is 17.9. The van der Waals surface area contributed by atoms with E-state index in [9.17, 15) is 18.0 Å². The number of carbonyl (C=O) groups is 1. The Balaban J connectivity index is 1.27. The molecule has 196 valence electrons. The van der Waals surface area contributed by atoms with E-state index in [0.717, 1.165) is 43.7 Å². The van der Waals surface area contributed by atoms with Crippen molar-refractivity contribution in [2.45, 2.75) is 32.1 Å². The van der Waals surface area contributed by atoms with Crippen molar-refractivity contribution in [2.75, 3.05) is 18.0 Å². The van der Waals surface area contributed by atoms with Gasteiger partial charge in [-0.15, -0.1) is 10.2 Å². The van der Waals surface area contributed by atoms with E-state index in [1.165, 1.54) is 5.56 Å². The number of likely N-dealkylation sites (tertiary alicyclic amines) is 1. The second-order valence-corrected chi connectivity index (χ2v) is 9.40. The maximum Gasteiger partial charge on any atom is 0.470 e. The zero-order valence-corrected chi connectivity index (χ0v) is 20.6. The zero-order chi connectivity index (χ0) is 26.5. The second kappa shape index (κ2) is 11.2. The van der Waals surface area contributed by atoms with Crippen LogP contribution in [0, 0.1) is 5.92 Å². The fourth-order valence-corrected chi connectivity index (χ4v) is 4.69. The van der Waals surface area contributed by atoms with Crippen LogP contribution >= 0.6 is 0 Å². The number of benzene rings is 3. The molecular formula is C29H27F3N4O2. The molecule has 2 heterocycles. The fourth-order valence-electron chi connectivity index (χ4n) is 4.69. The summed E-state index contributed by atoms with van der Waals surface area (Å²) in [6, 6.07) is 26.6. The van der Waals surface area contributed by atoms with Gasteiger partial charge in [0.1, 0.15) is 0 Å². The van der Waals surface area contributed by atoms with Crippen LogP contribution in [0.4, 0.5) is 18.9 Å². The minimum atomic E-state index is -4.70. The molecule has 0 atom stereocenters. The Bertz CT molecular complexity index is 1330. The van der Waals surface area contributed by atoms with Crippen LogP contribution in [-0.4, -0.2) is 34.1 Å². The molecule has 3 aromatic carbocycles. The number of carbonyl (C=O) groups excluding carboxylic acids is 1. The van der Waals surface area contributed by atoms with Crippen molar-refractivity contribution in [1.29, 1.82) is 0 Å². The summed E-state index contributed by atoms with van der Waals surface area (Å²) in [6.07, 6.45) is -3.13. The van der Waals surface area contributed by atoms with Crippen molar-refractivity contribution in [3.63, 3.8) is 0 Å². The van der Waals surface area contributed by atoms with Gasteiger partial charge < -0.3 is 9.32 Å². The van der Waals surface area contributed by atoms with Crippen molar-refractivity contribution < 1.29 is 22.4 Å². The van der Waals surface area contributed by atoms with Gasteiger partial charge in [-0.3, -0.25) is 9.69 Å². The Hall–Kier alpha value is -3.98. The highest BCUT2D eigenvalue weighted by molar-refractivity contribution is 5.95. The first kappa shape index (κ1) is 25.7. The molecule has 4 aromatic rings. The van der Waals surface area contributed by atoms with E-state index in [4.69, 9.17) is 4.42 Å². The van der Waals surface area contributed by atoms with E-state index in [2.05, 4.69) is 27.2 Å². The standard InChI is InChI=1S/C29H27F3N4O2/c30-29(31,32)28-34-33-26(38-28)23-13-11-22(12-14-23)20-36(25-9-5-2-6-10-25)27(37)24-15-17-35(18-16-24)19-21-7-3-1-4-8-21/h1-14,24H,15-20H2. The molecular weight excluding hydrogens is 493 g/mol. The van der Waals surface area contributed by atoms with Gasteiger partial charge in [-0.25, -0.2) is 0 Å². The summed E-state index contributed by atoms with van der Waals surface area (Å²) < 4.78 is 43.2. The largest absolute Gasteiger partial charge is 0.470 e. The topological polar surface area (TPSA) is 62.5 Å². The van der Waals surface area contributed by atoms with Crippen LogP contribution in [0.25, 0.3) is 11.5 Å². The van der Waals surface area contributed by atoms with E-state index in [0.29, 0.717) is 12.1 Å². The van der Waals surface area contributed by atoms with Gasteiger partial charge in [-0.1, -0.05) is 60.7 Å². The minimum absolute atomic E-state index is 0.0753. The first-order chi connectivity index (χ1) is 18.4. The van der Waals surface area contributed by atoms with Gasteiger partial charge in [0.05, 0.1) is 6.54 Å². The van der Waals surface area contributed by atoms with E-state index >= 15 is 0 Å². The number of hydrogen-bond acceptors (Lipinski definition) is 5. The molecule has 1 fully saturated rings. The maximum atomic E-state index is 13.7. The predicted octanol–water partition coefficient (Wildman–Crippen LogP) is 6.20. The highest BCUT2D eigenvalue weighted by Gasteiger charge is 2.38. The average Bonchev–Trinajstić information content (AvgIpc) is 3.45. The lowest BCUT2D eigenvalue weighted by molar-refractivity contribution is -0.157. The van der Waals surface area contributed by atoms with Crippen LogP contribution in [0.3, 0.4) is 0 Å². The summed E-state index contributed by atoms with van der Waals surface area (Å²) >= 11 is 0. The third-order valence-corrected chi connectivity index (χ3v) is 6.73. The molecule has 0 radical (unpaired) electrons. The Morgan fingerprint density at radius 3 is 2.11 bits per heavy atom. The molecule has 1 saturated heterocycles. The second-order valence-electron chi connectivity index (χ2n) is 9.40. The minimum Gasteiger partial charge on any atom is -0.413 e. The molecule has 1 amide bonds. The number of alkyl halides is 3. The highest BCUT2D eigenvalue weighted by atomic mass is 19.4. The van der Waals surface area contributed by atoms with Crippen molar-refractivity contribution in [1.82, 2.24) is 15.1 Å².